The molecule has 0 aliphatic heterocycles. The summed E-state index contributed by atoms with van der Waals surface area (Å²) in [7, 11) is 0. The van der Waals surface area contributed by atoms with Gasteiger partial charge in [-0.3, -0.25) is 0 Å². The third-order valence-electron chi connectivity index (χ3n) is 1.29. The highest BCUT2D eigenvalue weighted by molar-refractivity contribution is 9.09. The summed E-state index contributed by atoms with van der Waals surface area (Å²) < 4.78 is 2.65. The average molecular weight is 221 g/mol. The lowest BCUT2D eigenvalue weighted by atomic mass is 10.7. The number of halogens is 1. The fraction of sp³-hybridized carbons (Fsp3) is 0.800. The first-order valence-corrected chi connectivity index (χ1v) is 4.48. The minimum atomic E-state index is -0.146. The molecule has 0 atom stereocenters. The average Bonchev–Trinajstić information content (AvgIpc) is 2.34. The Morgan fingerprint density at radius 1 is 1.45 bits per heavy atom. The number of rotatable bonds is 3. The summed E-state index contributed by atoms with van der Waals surface area (Å²) in [6.07, 6.45) is 0. The van der Waals surface area contributed by atoms with E-state index in [0.29, 0.717) is 13.1 Å². The smallest absolute Gasteiger partial charge is 0.244 e. The first-order valence-electron chi connectivity index (χ1n) is 3.36. The Balaban J connectivity index is 2.92. The van der Waals surface area contributed by atoms with Gasteiger partial charge in [-0.05, 0) is 17.4 Å². The van der Waals surface area contributed by atoms with Gasteiger partial charge in [-0.15, -0.1) is 0 Å². The van der Waals surface area contributed by atoms with Crippen molar-refractivity contribution in [1.29, 1.82) is 0 Å². The molecule has 6 heteroatoms. The Labute approximate surface area is 72.1 Å². The van der Waals surface area contributed by atoms with E-state index in [1.165, 1.54) is 9.36 Å². The largest absolute Gasteiger partial charge is 0.363 e. The van der Waals surface area contributed by atoms with Crippen molar-refractivity contribution in [3.63, 3.8) is 0 Å². The van der Waals surface area contributed by atoms with Gasteiger partial charge < -0.3 is 0 Å². The summed E-state index contributed by atoms with van der Waals surface area (Å²) in [6, 6.07) is 0. The predicted molar refractivity (Wildman–Crippen MR) is 43.8 cm³/mol. The number of hydrogen-bond donors (Lipinski definition) is 0. The second-order valence-electron chi connectivity index (χ2n) is 1.99. The molecule has 11 heavy (non-hydrogen) atoms. The molecule has 62 valence electrons. The summed E-state index contributed by atoms with van der Waals surface area (Å²) in [4.78, 5) is 11.2. The zero-order valence-corrected chi connectivity index (χ0v) is 7.78. The van der Waals surface area contributed by atoms with Crippen molar-refractivity contribution < 1.29 is 0 Å². The molecule has 0 aliphatic carbocycles. The van der Waals surface area contributed by atoms with E-state index < -0.39 is 0 Å². The van der Waals surface area contributed by atoms with Crippen molar-refractivity contribution in [2.45, 2.75) is 20.0 Å². The van der Waals surface area contributed by atoms with Crippen molar-refractivity contribution in [2.75, 3.05) is 5.33 Å². The standard InChI is InChI=1S/C5H9BrN4O/c1-2-9-5(11)10(4-3-6)8-7-9/h2-4H2,1H3. The number of nitrogens with zero attached hydrogens (tertiary/aromatic N) is 4. The van der Waals surface area contributed by atoms with Crippen LogP contribution in [0.25, 0.3) is 0 Å². The van der Waals surface area contributed by atoms with Gasteiger partial charge in [0.25, 0.3) is 0 Å². The van der Waals surface area contributed by atoms with Crippen LogP contribution in [0.3, 0.4) is 0 Å². The van der Waals surface area contributed by atoms with E-state index in [1.807, 2.05) is 6.92 Å². The molecule has 1 heterocycles. The van der Waals surface area contributed by atoms with Crippen LogP contribution in [-0.2, 0) is 13.1 Å². The molecule has 0 N–H and O–H groups in total. The van der Waals surface area contributed by atoms with Crippen LogP contribution in [0.5, 0.6) is 0 Å². The monoisotopic (exact) mass is 220 g/mol. The third-order valence-corrected chi connectivity index (χ3v) is 1.65. The highest BCUT2D eigenvalue weighted by Gasteiger charge is 2.02. The zero-order valence-electron chi connectivity index (χ0n) is 6.20. The van der Waals surface area contributed by atoms with E-state index in [9.17, 15) is 4.79 Å². The van der Waals surface area contributed by atoms with E-state index in [1.54, 1.807) is 0 Å². The molecule has 1 rings (SSSR count). The maximum Gasteiger partial charge on any atom is 0.363 e. The van der Waals surface area contributed by atoms with Crippen LogP contribution in [0.2, 0.25) is 0 Å². The van der Waals surface area contributed by atoms with Crippen LogP contribution in [0.15, 0.2) is 4.79 Å². The molecule has 0 aromatic carbocycles. The molecule has 0 unspecified atom stereocenters. The van der Waals surface area contributed by atoms with Crippen molar-refractivity contribution in [1.82, 2.24) is 19.8 Å². The lowest BCUT2D eigenvalue weighted by Crippen LogP contribution is -2.25. The van der Waals surface area contributed by atoms with Gasteiger partial charge in [0.2, 0.25) is 0 Å². The molecule has 0 saturated heterocycles. The molecule has 0 aliphatic rings. The van der Waals surface area contributed by atoms with Crippen LogP contribution < -0.4 is 5.69 Å². The van der Waals surface area contributed by atoms with Crippen LogP contribution in [0.1, 0.15) is 6.92 Å². The van der Waals surface area contributed by atoms with Crippen molar-refractivity contribution in [3.8, 4) is 0 Å². The van der Waals surface area contributed by atoms with E-state index in [4.69, 9.17) is 0 Å². The number of aryl methyl sites for hydroxylation is 2. The number of hydrogen-bond acceptors (Lipinski definition) is 3. The molecule has 0 bridgehead atoms. The van der Waals surface area contributed by atoms with Gasteiger partial charge in [-0.25, -0.2) is 4.79 Å². The van der Waals surface area contributed by atoms with Gasteiger partial charge in [-0.1, -0.05) is 15.9 Å². The molecular formula is C5H9BrN4O. The van der Waals surface area contributed by atoms with E-state index in [0.717, 1.165) is 5.33 Å². The Morgan fingerprint density at radius 3 is 2.55 bits per heavy atom. The fourth-order valence-electron chi connectivity index (χ4n) is 0.725. The topological polar surface area (TPSA) is 52.7 Å². The molecule has 0 spiro atoms. The van der Waals surface area contributed by atoms with Crippen LogP contribution in [0.4, 0.5) is 0 Å². The molecule has 1 aromatic rings. The fourth-order valence-corrected chi connectivity index (χ4v) is 1.06. The minimum Gasteiger partial charge on any atom is -0.244 e. The van der Waals surface area contributed by atoms with Crippen LogP contribution in [0, 0.1) is 0 Å². The number of aromatic nitrogens is 4. The molecule has 0 radical (unpaired) electrons. The van der Waals surface area contributed by atoms with Crippen molar-refractivity contribution >= 4 is 15.9 Å². The van der Waals surface area contributed by atoms with E-state index >= 15 is 0 Å². The van der Waals surface area contributed by atoms with E-state index in [2.05, 4.69) is 26.4 Å². The van der Waals surface area contributed by atoms with Gasteiger partial charge in [0, 0.05) is 11.9 Å². The summed E-state index contributed by atoms with van der Waals surface area (Å²) in [5.41, 5.74) is -0.146. The second kappa shape index (κ2) is 3.66. The summed E-state index contributed by atoms with van der Waals surface area (Å²) in [5.74, 6) is 0. The number of alkyl halides is 1. The second-order valence-corrected chi connectivity index (χ2v) is 2.78. The van der Waals surface area contributed by atoms with Gasteiger partial charge in [-0.2, -0.15) is 9.36 Å². The zero-order chi connectivity index (χ0) is 8.27. The first kappa shape index (κ1) is 8.45. The Kier molecular flexibility index (Phi) is 2.81. The van der Waals surface area contributed by atoms with Crippen LogP contribution >= 0.6 is 15.9 Å². The van der Waals surface area contributed by atoms with Gasteiger partial charge in [0.15, 0.2) is 0 Å². The van der Waals surface area contributed by atoms with Crippen LogP contribution in [-0.4, -0.2) is 25.1 Å². The summed E-state index contributed by atoms with van der Waals surface area (Å²) in [6.45, 7) is 2.99. The maximum atomic E-state index is 11.2. The van der Waals surface area contributed by atoms with Crippen molar-refractivity contribution in [2.24, 2.45) is 0 Å². The molecule has 5 nitrogen and oxygen atoms in total. The highest BCUT2D eigenvalue weighted by Crippen LogP contribution is 1.81. The van der Waals surface area contributed by atoms with Crippen molar-refractivity contribution in [3.05, 3.63) is 10.5 Å². The molecule has 0 amide bonds. The normalized spacial score (nSPS) is 10.4. The molecule has 0 saturated carbocycles. The molecule has 1 aromatic heterocycles. The Hall–Kier alpha value is -0.650. The van der Waals surface area contributed by atoms with Gasteiger partial charge in [0.1, 0.15) is 0 Å². The molecule has 0 fully saturated rings. The van der Waals surface area contributed by atoms with Gasteiger partial charge >= 0.3 is 5.69 Å². The Morgan fingerprint density at radius 2 is 2.09 bits per heavy atom. The van der Waals surface area contributed by atoms with Gasteiger partial charge in [0.05, 0.1) is 6.54 Å². The lowest BCUT2D eigenvalue weighted by Gasteiger charge is -1.90. The summed E-state index contributed by atoms with van der Waals surface area (Å²) >= 11 is 3.21. The SMILES string of the molecule is CCn1nnn(CCBr)c1=O. The predicted octanol–water partition coefficient (Wildman–Crippen LogP) is -0.145. The van der Waals surface area contributed by atoms with E-state index in [-0.39, 0.29) is 5.69 Å². The quantitative estimate of drug-likeness (QED) is 0.667. The Bertz CT molecular complexity index is 278. The minimum absolute atomic E-state index is 0.146. The highest BCUT2D eigenvalue weighted by atomic mass is 79.9. The lowest BCUT2D eigenvalue weighted by molar-refractivity contribution is 0.609. The molecular weight excluding hydrogens is 212 g/mol. The maximum absolute atomic E-state index is 11.2. The first-order chi connectivity index (χ1) is 5.29. The number of tetrazole rings is 1. The summed E-state index contributed by atoms with van der Waals surface area (Å²) in [5, 5.41) is 8.03. The third kappa shape index (κ3) is 1.68.